The minimum absolute atomic E-state index is 0.0663. The summed E-state index contributed by atoms with van der Waals surface area (Å²) in [6, 6.07) is 0. The van der Waals surface area contributed by atoms with E-state index in [1.807, 2.05) is 0 Å². The summed E-state index contributed by atoms with van der Waals surface area (Å²) < 4.78 is 40.9. The molecule has 0 aromatic carbocycles. The van der Waals surface area contributed by atoms with Crippen molar-refractivity contribution in [2.24, 2.45) is 0 Å². The van der Waals surface area contributed by atoms with Gasteiger partial charge in [-0.3, -0.25) is 0 Å². The first-order valence-corrected chi connectivity index (χ1v) is 5.81. The minimum atomic E-state index is -4.46. The highest BCUT2D eigenvalue weighted by Crippen LogP contribution is 2.22. The molecule has 0 radical (unpaired) electrons. The number of aliphatic hydroxyl groups excluding tert-OH is 1. The van der Waals surface area contributed by atoms with E-state index in [0.29, 0.717) is 6.42 Å². The maximum absolute atomic E-state index is 12.1. The van der Waals surface area contributed by atoms with Crippen molar-refractivity contribution in [1.29, 1.82) is 0 Å². The van der Waals surface area contributed by atoms with Crippen LogP contribution in [0.25, 0.3) is 0 Å². The summed E-state index contributed by atoms with van der Waals surface area (Å²) in [5.74, 6) is 0. The molecule has 0 aromatic heterocycles. The predicted octanol–water partition coefficient (Wildman–Crippen LogP) is 3.29. The standard InChI is InChI=1S/C11H21F3O2/c1-2-3-4-5-6-7-8-16-10(9-15)11(12,13)14/h10,15H,2-9H2,1H3. The number of alkyl halides is 3. The van der Waals surface area contributed by atoms with Crippen molar-refractivity contribution in [3.05, 3.63) is 0 Å². The first kappa shape index (κ1) is 15.7. The second-order valence-corrected chi connectivity index (χ2v) is 3.85. The van der Waals surface area contributed by atoms with Crippen LogP contribution in [0.15, 0.2) is 0 Å². The fraction of sp³-hybridized carbons (Fsp3) is 1.00. The first-order valence-electron chi connectivity index (χ1n) is 5.81. The molecule has 0 fully saturated rings. The quantitative estimate of drug-likeness (QED) is 0.629. The van der Waals surface area contributed by atoms with E-state index in [0.717, 1.165) is 25.7 Å². The molecule has 2 nitrogen and oxygen atoms in total. The van der Waals surface area contributed by atoms with Gasteiger partial charge in [-0.25, -0.2) is 0 Å². The van der Waals surface area contributed by atoms with Crippen molar-refractivity contribution in [3.8, 4) is 0 Å². The van der Waals surface area contributed by atoms with Crippen LogP contribution in [0.4, 0.5) is 13.2 Å². The summed E-state index contributed by atoms with van der Waals surface area (Å²) in [6.45, 7) is 1.18. The van der Waals surface area contributed by atoms with Gasteiger partial charge in [-0.2, -0.15) is 13.2 Å². The minimum Gasteiger partial charge on any atom is -0.393 e. The second-order valence-electron chi connectivity index (χ2n) is 3.85. The fourth-order valence-electron chi connectivity index (χ4n) is 1.36. The fourth-order valence-corrected chi connectivity index (χ4v) is 1.36. The first-order chi connectivity index (χ1) is 7.52. The molecule has 1 N–H and O–H groups in total. The molecule has 5 heteroatoms. The van der Waals surface area contributed by atoms with E-state index < -0.39 is 18.9 Å². The lowest BCUT2D eigenvalue weighted by Crippen LogP contribution is -2.35. The number of halogens is 3. The maximum Gasteiger partial charge on any atom is 0.416 e. The van der Waals surface area contributed by atoms with Gasteiger partial charge in [0.25, 0.3) is 0 Å². The topological polar surface area (TPSA) is 29.5 Å². The molecule has 0 heterocycles. The molecular formula is C11H21F3O2. The Morgan fingerprint density at radius 3 is 2.12 bits per heavy atom. The molecular weight excluding hydrogens is 221 g/mol. The van der Waals surface area contributed by atoms with Gasteiger partial charge in [-0.15, -0.1) is 0 Å². The zero-order valence-electron chi connectivity index (χ0n) is 9.72. The predicted molar refractivity (Wildman–Crippen MR) is 56.3 cm³/mol. The number of aliphatic hydroxyl groups is 1. The van der Waals surface area contributed by atoms with Gasteiger partial charge < -0.3 is 9.84 Å². The highest BCUT2D eigenvalue weighted by molar-refractivity contribution is 4.65. The van der Waals surface area contributed by atoms with Crippen LogP contribution in [0.5, 0.6) is 0 Å². The SMILES string of the molecule is CCCCCCCCOC(CO)C(F)(F)F. The molecule has 0 aliphatic heterocycles. The van der Waals surface area contributed by atoms with Gasteiger partial charge in [0, 0.05) is 6.61 Å². The lowest BCUT2D eigenvalue weighted by molar-refractivity contribution is -0.229. The average Bonchev–Trinajstić information content (AvgIpc) is 2.20. The van der Waals surface area contributed by atoms with E-state index in [4.69, 9.17) is 5.11 Å². The molecule has 0 saturated carbocycles. The highest BCUT2D eigenvalue weighted by Gasteiger charge is 2.39. The summed E-state index contributed by atoms with van der Waals surface area (Å²) in [5, 5.41) is 8.49. The molecule has 0 bridgehead atoms. The third-order valence-electron chi connectivity index (χ3n) is 2.35. The van der Waals surface area contributed by atoms with Crippen molar-refractivity contribution in [1.82, 2.24) is 0 Å². The van der Waals surface area contributed by atoms with Gasteiger partial charge in [0.2, 0.25) is 0 Å². The van der Waals surface area contributed by atoms with Crippen LogP contribution in [0, 0.1) is 0 Å². The Morgan fingerprint density at radius 1 is 1.06 bits per heavy atom. The van der Waals surface area contributed by atoms with Crippen LogP contribution < -0.4 is 0 Å². The van der Waals surface area contributed by atoms with Crippen LogP contribution >= 0.6 is 0 Å². The van der Waals surface area contributed by atoms with Crippen molar-refractivity contribution >= 4 is 0 Å². The van der Waals surface area contributed by atoms with Gasteiger partial charge in [0.05, 0.1) is 6.61 Å². The molecule has 1 unspecified atom stereocenters. The summed E-state index contributed by atoms with van der Waals surface area (Å²) in [4.78, 5) is 0. The third kappa shape index (κ3) is 7.93. The lowest BCUT2D eigenvalue weighted by atomic mass is 10.1. The summed E-state index contributed by atoms with van der Waals surface area (Å²) >= 11 is 0. The Morgan fingerprint density at radius 2 is 1.62 bits per heavy atom. The van der Waals surface area contributed by atoms with Gasteiger partial charge in [0.1, 0.15) is 0 Å². The van der Waals surface area contributed by atoms with Gasteiger partial charge >= 0.3 is 6.18 Å². The van der Waals surface area contributed by atoms with E-state index in [1.165, 1.54) is 6.42 Å². The summed E-state index contributed by atoms with van der Waals surface area (Å²) in [7, 11) is 0. The zero-order chi connectivity index (χ0) is 12.4. The second kappa shape index (κ2) is 8.82. The molecule has 1 atom stereocenters. The molecule has 0 aliphatic carbocycles. The lowest BCUT2D eigenvalue weighted by Gasteiger charge is -2.18. The number of unbranched alkanes of at least 4 members (excludes halogenated alkanes) is 5. The van der Waals surface area contributed by atoms with Crippen LogP contribution in [0.3, 0.4) is 0 Å². The Balaban J connectivity index is 3.42. The molecule has 0 saturated heterocycles. The van der Waals surface area contributed by atoms with Gasteiger partial charge in [-0.1, -0.05) is 39.0 Å². The molecule has 0 aliphatic rings. The van der Waals surface area contributed by atoms with E-state index in [1.54, 1.807) is 0 Å². The molecule has 16 heavy (non-hydrogen) atoms. The Kier molecular flexibility index (Phi) is 8.66. The van der Waals surface area contributed by atoms with E-state index >= 15 is 0 Å². The van der Waals surface area contributed by atoms with Gasteiger partial charge in [-0.05, 0) is 6.42 Å². The monoisotopic (exact) mass is 242 g/mol. The number of rotatable bonds is 9. The molecule has 0 spiro atoms. The van der Waals surface area contributed by atoms with Crippen LogP contribution in [0.2, 0.25) is 0 Å². The largest absolute Gasteiger partial charge is 0.416 e. The van der Waals surface area contributed by atoms with E-state index in [-0.39, 0.29) is 6.61 Å². The average molecular weight is 242 g/mol. The molecule has 0 amide bonds. The Bertz CT molecular complexity index is 160. The third-order valence-corrected chi connectivity index (χ3v) is 2.35. The van der Waals surface area contributed by atoms with E-state index in [9.17, 15) is 13.2 Å². The van der Waals surface area contributed by atoms with Crippen molar-refractivity contribution in [2.75, 3.05) is 13.2 Å². The molecule has 0 rings (SSSR count). The number of hydrogen-bond donors (Lipinski definition) is 1. The van der Waals surface area contributed by atoms with Crippen molar-refractivity contribution in [2.45, 2.75) is 57.7 Å². The van der Waals surface area contributed by atoms with Crippen molar-refractivity contribution < 1.29 is 23.0 Å². The van der Waals surface area contributed by atoms with Crippen molar-refractivity contribution in [3.63, 3.8) is 0 Å². The van der Waals surface area contributed by atoms with Crippen LogP contribution in [-0.4, -0.2) is 30.6 Å². The smallest absolute Gasteiger partial charge is 0.393 e. The van der Waals surface area contributed by atoms with Crippen LogP contribution in [0.1, 0.15) is 45.4 Å². The van der Waals surface area contributed by atoms with E-state index in [2.05, 4.69) is 11.7 Å². The van der Waals surface area contributed by atoms with Gasteiger partial charge in [0.15, 0.2) is 6.10 Å². The summed E-state index contributed by atoms with van der Waals surface area (Å²) in [5.41, 5.74) is 0. The van der Waals surface area contributed by atoms with Crippen LogP contribution in [-0.2, 0) is 4.74 Å². The number of ether oxygens (including phenoxy) is 1. The summed E-state index contributed by atoms with van der Waals surface area (Å²) in [6.07, 6.45) is -0.502. The Labute approximate surface area is 94.8 Å². The molecule has 98 valence electrons. The maximum atomic E-state index is 12.1. The zero-order valence-corrected chi connectivity index (χ0v) is 9.72. The highest BCUT2D eigenvalue weighted by atomic mass is 19.4. The normalized spacial score (nSPS) is 14.1. The Hall–Kier alpha value is -0.290. The number of hydrogen-bond acceptors (Lipinski definition) is 2. The molecule has 0 aromatic rings.